The van der Waals surface area contributed by atoms with E-state index in [0.717, 1.165) is 23.9 Å². The van der Waals surface area contributed by atoms with Crippen LogP contribution in [-0.4, -0.2) is 16.2 Å². The molecule has 1 aromatic carbocycles. The summed E-state index contributed by atoms with van der Waals surface area (Å²) in [6, 6.07) is 6.64. The van der Waals surface area contributed by atoms with Gasteiger partial charge in [0.2, 0.25) is 5.88 Å². The molecule has 1 heterocycles. The molecule has 0 bridgehead atoms. The lowest BCUT2D eigenvalue weighted by Crippen LogP contribution is -2.22. The van der Waals surface area contributed by atoms with E-state index in [2.05, 4.69) is 15.5 Å². The standard InChI is InChI=1S/C14H15F2N3O/c1-9(2)17-8-12-3-4-14(19-18-12)20-13-6-10(15)5-11(16)7-13/h3-7,9,17H,8H2,1-2H3. The first-order valence-corrected chi connectivity index (χ1v) is 6.23. The van der Waals surface area contributed by atoms with Crippen LogP contribution in [0.3, 0.4) is 0 Å². The van der Waals surface area contributed by atoms with Gasteiger partial charge in [0.05, 0.1) is 5.69 Å². The van der Waals surface area contributed by atoms with Crippen LogP contribution in [0.25, 0.3) is 0 Å². The van der Waals surface area contributed by atoms with Crippen molar-refractivity contribution in [1.29, 1.82) is 0 Å². The fraction of sp³-hybridized carbons (Fsp3) is 0.286. The zero-order valence-electron chi connectivity index (χ0n) is 11.2. The normalized spacial score (nSPS) is 10.8. The van der Waals surface area contributed by atoms with Crippen molar-refractivity contribution in [2.45, 2.75) is 26.4 Å². The summed E-state index contributed by atoms with van der Waals surface area (Å²) >= 11 is 0. The molecule has 106 valence electrons. The molecular formula is C14H15F2N3O. The Labute approximate surface area is 115 Å². The molecule has 0 aliphatic carbocycles. The molecule has 0 atom stereocenters. The van der Waals surface area contributed by atoms with Gasteiger partial charge in [-0.05, 0) is 6.07 Å². The molecule has 20 heavy (non-hydrogen) atoms. The maximum Gasteiger partial charge on any atom is 0.238 e. The van der Waals surface area contributed by atoms with E-state index in [-0.39, 0.29) is 11.6 Å². The third kappa shape index (κ3) is 4.24. The van der Waals surface area contributed by atoms with E-state index >= 15 is 0 Å². The second-order valence-corrected chi connectivity index (χ2v) is 4.61. The lowest BCUT2D eigenvalue weighted by atomic mass is 10.3. The van der Waals surface area contributed by atoms with Gasteiger partial charge in [-0.1, -0.05) is 13.8 Å². The van der Waals surface area contributed by atoms with E-state index < -0.39 is 11.6 Å². The van der Waals surface area contributed by atoms with E-state index in [1.165, 1.54) is 0 Å². The van der Waals surface area contributed by atoms with Crippen LogP contribution in [0, 0.1) is 11.6 Å². The fourth-order valence-corrected chi connectivity index (χ4v) is 1.51. The van der Waals surface area contributed by atoms with Gasteiger partial charge in [0, 0.05) is 36.9 Å². The molecule has 0 radical (unpaired) electrons. The zero-order valence-corrected chi connectivity index (χ0v) is 11.2. The highest BCUT2D eigenvalue weighted by molar-refractivity contribution is 5.28. The minimum Gasteiger partial charge on any atom is -0.437 e. The molecule has 1 aromatic heterocycles. The van der Waals surface area contributed by atoms with E-state index in [1.807, 2.05) is 13.8 Å². The van der Waals surface area contributed by atoms with Crippen LogP contribution >= 0.6 is 0 Å². The maximum absolute atomic E-state index is 13.0. The van der Waals surface area contributed by atoms with Crippen LogP contribution in [0.1, 0.15) is 19.5 Å². The zero-order chi connectivity index (χ0) is 14.5. The average molecular weight is 279 g/mol. The summed E-state index contributed by atoms with van der Waals surface area (Å²) in [5, 5.41) is 11.0. The largest absolute Gasteiger partial charge is 0.437 e. The second-order valence-electron chi connectivity index (χ2n) is 4.61. The minimum absolute atomic E-state index is 0.0462. The van der Waals surface area contributed by atoms with Crippen LogP contribution in [-0.2, 0) is 6.54 Å². The van der Waals surface area contributed by atoms with Crippen molar-refractivity contribution in [2.75, 3.05) is 0 Å². The van der Waals surface area contributed by atoms with Crippen molar-refractivity contribution in [3.8, 4) is 11.6 Å². The summed E-state index contributed by atoms with van der Waals surface area (Å²) in [5.74, 6) is -1.18. The number of benzene rings is 1. The molecule has 6 heteroatoms. The number of nitrogens with zero attached hydrogens (tertiary/aromatic N) is 2. The molecule has 0 spiro atoms. The van der Waals surface area contributed by atoms with E-state index in [1.54, 1.807) is 12.1 Å². The predicted octanol–water partition coefficient (Wildman–Crippen LogP) is 3.05. The van der Waals surface area contributed by atoms with Gasteiger partial charge in [0.15, 0.2) is 0 Å². The number of hydrogen-bond acceptors (Lipinski definition) is 4. The van der Waals surface area contributed by atoms with Gasteiger partial charge in [0.1, 0.15) is 17.4 Å². The fourth-order valence-electron chi connectivity index (χ4n) is 1.51. The average Bonchev–Trinajstić information content (AvgIpc) is 2.36. The second kappa shape index (κ2) is 6.38. The van der Waals surface area contributed by atoms with Crippen LogP contribution < -0.4 is 10.1 Å². The van der Waals surface area contributed by atoms with Crippen molar-refractivity contribution in [2.24, 2.45) is 0 Å². The molecule has 0 saturated heterocycles. The van der Waals surface area contributed by atoms with E-state index in [9.17, 15) is 8.78 Å². The number of rotatable bonds is 5. The summed E-state index contributed by atoms with van der Waals surface area (Å²) in [6.45, 7) is 4.66. The molecule has 4 nitrogen and oxygen atoms in total. The molecule has 1 N–H and O–H groups in total. The van der Waals surface area contributed by atoms with Gasteiger partial charge < -0.3 is 10.1 Å². The Morgan fingerprint density at radius 2 is 1.80 bits per heavy atom. The third-order valence-corrected chi connectivity index (χ3v) is 2.45. The molecule has 0 amide bonds. The number of halogens is 2. The molecule has 0 saturated carbocycles. The lowest BCUT2D eigenvalue weighted by Gasteiger charge is -2.08. The Bertz CT molecular complexity index is 553. The topological polar surface area (TPSA) is 47.0 Å². The van der Waals surface area contributed by atoms with Crippen LogP contribution in [0.4, 0.5) is 8.78 Å². The Morgan fingerprint density at radius 3 is 2.35 bits per heavy atom. The smallest absolute Gasteiger partial charge is 0.238 e. The molecule has 2 aromatic rings. The Morgan fingerprint density at radius 1 is 1.10 bits per heavy atom. The summed E-state index contributed by atoms with van der Waals surface area (Å²) in [6.07, 6.45) is 0. The van der Waals surface area contributed by atoms with Crippen molar-refractivity contribution >= 4 is 0 Å². The van der Waals surface area contributed by atoms with Crippen LogP contribution in [0.2, 0.25) is 0 Å². The Kier molecular flexibility index (Phi) is 4.57. The number of ether oxygens (including phenoxy) is 1. The quantitative estimate of drug-likeness (QED) is 0.913. The Balaban J connectivity index is 2.03. The maximum atomic E-state index is 13.0. The molecule has 0 fully saturated rings. The first kappa shape index (κ1) is 14.3. The highest BCUT2D eigenvalue weighted by atomic mass is 19.1. The molecule has 2 rings (SSSR count). The van der Waals surface area contributed by atoms with Crippen molar-refractivity contribution in [1.82, 2.24) is 15.5 Å². The van der Waals surface area contributed by atoms with Gasteiger partial charge in [-0.2, -0.15) is 5.10 Å². The highest BCUT2D eigenvalue weighted by Crippen LogP contribution is 2.21. The van der Waals surface area contributed by atoms with Crippen molar-refractivity contribution in [3.05, 3.63) is 47.7 Å². The van der Waals surface area contributed by atoms with Gasteiger partial charge in [-0.15, -0.1) is 5.10 Å². The highest BCUT2D eigenvalue weighted by Gasteiger charge is 2.05. The molecule has 0 unspecified atom stereocenters. The van der Waals surface area contributed by atoms with Gasteiger partial charge in [0.25, 0.3) is 0 Å². The van der Waals surface area contributed by atoms with Crippen molar-refractivity contribution < 1.29 is 13.5 Å². The minimum atomic E-state index is -0.703. The third-order valence-electron chi connectivity index (χ3n) is 2.45. The van der Waals surface area contributed by atoms with Crippen LogP contribution in [0.15, 0.2) is 30.3 Å². The SMILES string of the molecule is CC(C)NCc1ccc(Oc2cc(F)cc(F)c2)nn1. The summed E-state index contributed by atoms with van der Waals surface area (Å²) in [4.78, 5) is 0. The van der Waals surface area contributed by atoms with Crippen molar-refractivity contribution in [3.63, 3.8) is 0 Å². The van der Waals surface area contributed by atoms with E-state index in [4.69, 9.17) is 4.74 Å². The lowest BCUT2D eigenvalue weighted by molar-refractivity contribution is 0.442. The summed E-state index contributed by atoms with van der Waals surface area (Å²) < 4.78 is 31.3. The monoisotopic (exact) mass is 279 g/mol. The molecule has 0 aliphatic rings. The van der Waals surface area contributed by atoms with Gasteiger partial charge in [-0.25, -0.2) is 8.78 Å². The number of hydrogen-bond donors (Lipinski definition) is 1. The van der Waals surface area contributed by atoms with E-state index in [0.29, 0.717) is 12.6 Å². The predicted molar refractivity (Wildman–Crippen MR) is 70.4 cm³/mol. The van der Waals surface area contributed by atoms with Gasteiger partial charge >= 0.3 is 0 Å². The number of aromatic nitrogens is 2. The number of nitrogens with one attached hydrogen (secondary N) is 1. The summed E-state index contributed by atoms with van der Waals surface area (Å²) in [7, 11) is 0. The first-order chi connectivity index (χ1) is 9.52. The van der Waals surface area contributed by atoms with Gasteiger partial charge in [-0.3, -0.25) is 0 Å². The van der Waals surface area contributed by atoms with Crippen LogP contribution in [0.5, 0.6) is 11.6 Å². The first-order valence-electron chi connectivity index (χ1n) is 6.23. The molecular weight excluding hydrogens is 264 g/mol. The molecule has 0 aliphatic heterocycles. The summed E-state index contributed by atoms with van der Waals surface area (Å²) in [5.41, 5.74) is 0.761. The Hall–Kier alpha value is -2.08.